The number of nitrogens with zero attached hydrogens (tertiary/aromatic N) is 1. The van der Waals surface area contributed by atoms with Crippen molar-refractivity contribution in [2.75, 3.05) is 6.54 Å². The monoisotopic (exact) mass is 196 g/mol. The average Bonchev–Trinajstić information content (AvgIpc) is 2.62. The van der Waals surface area contributed by atoms with Gasteiger partial charge in [-0.2, -0.15) is 0 Å². The lowest BCUT2D eigenvalue weighted by molar-refractivity contribution is -0.137. The fourth-order valence-corrected chi connectivity index (χ4v) is 1.73. The van der Waals surface area contributed by atoms with Crippen LogP contribution in [0.5, 0.6) is 0 Å². The number of rotatable bonds is 4. The Morgan fingerprint density at radius 3 is 2.86 bits per heavy atom. The quantitative estimate of drug-likeness (QED) is 0.663. The molecule has 2 amide bonds. The minimum atomic E-state index is -0.394. The number of nitrogens with two attached hydrogens (primary N) is 1. The van der Waals surface area contributed by atoms with E-state index in [4.69, 9.17) is 5.73 Å². The van der Waals surface area contributed by atoms with Gasteiger partial charge in [0, 0.05) is 13.0 Å². The molecule has 4 heteroatoms. The van der Waals surface area contributed by atoms with E-state index in [2.05, 4.69) is 6.58 Å². The van der Waals surface area contributed by atoms with Gasteiger partial charge in [-0.15, -0.1) is 6.58 Å². The second kappa shape index (κ2) is 4.79. The Morgan fingerprint density at radius 2 is 2.29 bits per heavy atom. The molecule has 1 rings (SSSR count). The average molecular weight is 196 g/mol. The van der Waals surface area contributed by atoms with Gasteiger partial charge in [0.15, 0.2) is 0 Å². The lowest BCUT2D eigenvalue weighted by Gasteiger charge is -2.21. The van der Waals surface area contributed by atoms with Crippen LogP contribution in [-0.2, 0) is 9.59 Å². The summed E-state index contributed by atoms with van der Waals surface area (Å²) < 4.78 is 0. The molecule has 0 radical (unpaired) electrons. The largest absolute Gasteiger partial charge is 0.368 e. The summed E-state index contributed by atoms with van der Waals surface area (Å²) >= 11 is 0. The van der Waals surface area contributed by atoms with Gasteiger partial charge in [0.25, 0.3) is 0 Å². The van der Waals surface area contributed by atoms with Crippen molar-refractivity contribution in [3.05, 3.63) is 12.7 Å². The molecule has 1 aliphatic rings. The third-order valence-corrected chi connectivity index (χ3v) is 2.46. The minimum absolute atomic E-state index is 0.00574. The van der Waals surface area contributed by atoms with Crippen LogP contribution in [0.25, 0.3) is 0 Å². The number of carbonyl (C=O) groups is 2. The van der Waals surface area contributed by atoms with Crippen molar-refractivity contribution in [3.8, 4) is 0 Å². The summed E-state index contributed by atoms with van der Waals surface area (Å²) in [5.41, 5.74) is 5.20. The van der Waals surface area contributed by atoms with Crippen molar-refractivity contribution >= 4 is 11.8 Å². The molecule has 1 fully saturated rings. The number of allylic oxidation sites excluding steroid dienone is 1. The van der Waals surface area contributed by atoms with E-state index < -0.39 is 5.91 Å². The first-order valence-corrected chi connectivity index (χ1v) is 4.86. The van der Waals surface area contributed by atoms with Gasteiger partial charge < -0.3 is 10.6 Å². The molecule has 0 spiro atoms. The smallest absolute Gasteiger partial charge is 0.240 e. The first kappa shape index (κ1) is 10.8. The van der Waals surface area contributed by atoms with Crippen molar-refractivity contribution in [2.45, 2.75) is 31.7 Å². The molecule has 0 aromatic carbocycles. The molecule has 14 heavy (non-hydrogen) atoms. The highest BCUT2D eigenvalue weighted by molar-refractivity contribution is 5.87. The minimum Gasteiger partial charge on any atom is -0.368 e. The van der Waals surface area contributed by atoms with Gasteiger partial charge in [-0.05, 0) is 19.3 Å². The van der Waals surface area contributed by atoms with Gasteiger partial charge >= 0.3 is 0 Å². The molecule has 2 N–H and O–H groups in total. The van der Waals surface area contributed by atoms with Crippen molar-refractivity contribution in [3.63, 3.8) is 0 Å². The van der Waals surface area contributed by atoms with Gasteiger partial charge in [0.2, 0.25) is 11.8 Å². The maximum atomic E-state index is 11.6. The van der Waals surface area contributed by atoms with E-state index in [0.717, 1.165) is 6.42 Å². The zero-order valence-corrected chi connectivity index (χ0v) is 8.24. The molecule has 0 aliphatic carbocycles. The molecular weight excluding hydrogens is 180 g/mol. The Bertz CT molecular complexity index is 251. The van der Waals surface area contributed by atoms with E-state index >= 15 is 0 Å². The van der Waals surface area contributed by atoms with Crippen LogP contribution >= 0.6 is 0 Å². The topological polar surface area (TPSA) is 63.4 Å². The second-order valence-corrected chi connectivity index (χ2v) is 3.47. The summed E-state index contributed by atoms with van der Waals surface area (Å²) in [7, 11) is 0. The van der Waals surface area contributed by atoms with Crippen LogP contribution in [0, 0.1) is 0 Å². The molecule has 1 saturated heterocycles. The van der Waals surface area contributed by atoms with E-state index in [0.29, 0.717) is 25.8 Å². The lowest BCUT2D eigenvalue weighted by Crippen LogP contribution is -2.43. The normalized spacial score (nSPS) is 20.9. The highest BCUT2D eigenvalue weighted by Gasteiger charge is 2.31. The first-order chi connectivity index (χ1) is 6.66. The summed E-state index contributed by atoms with van der Waals surface area (Å²) in [6.45, 7) is 4.21. The predicted octanol–water partition coefficient (Wildman–Crippen LogP) is 0.429. The molecule has 1 heterocycles. The Morgan fingerprint density at radius 1 is 1.57 bits per heavy atom. The molecule has 0 aromatic heterocycles. The molecule has 0 aromatic rings. The summed E-state index contributed by atoms with van der Waals surface area (Å²) in [5, 5.41) is 0. The van der Waals surface area contributed by atoms with E-state index in [1.54, 1.807) is 11.0 Å². The van der Waals surface area contributed by atoms with E-state index in [1.165, 1.54) is 0 Å². The molecule has 0 unspecified atom stereocenters. The Hall–Kier alpha value is -1.32. The summed E-state index contributed by atoms with van der Waals surface area (Å²) in [6.07, 6.45) is 4.35. The van der Waals surface area contributed by atoms with Crippen LogP contribution in [0.2, 0.25) is 0 Å². The van der Waals surface area contributed by atoms with Crippen molar-refractivity contribution in [1.82, 2.24) is 4.90 Å². The number of likely N-dealkylation sites (tertiary alicyclic amines) is 1. The molecule has 4 nitrogen and oxygen atoms in total. The maximum absolute atomic E-state index is 11.6. The van der Waals surface area contributed by atoms with Gasteiger partial charge in [0.05, 0.1) is 0 Å². The van der Waals surface area contributed by atoms with Crippen LogP contribution in [0.15, 0.2) is 12.7 Å². The van der Waals surface area contributed by atoms with Crippen molar-refractivity contribution in [1.29, 1.82) is 0 Å². The predicted molar refractivity (Wildman–Crippen MR) is 53.4 cm³/mol. The van der Waals surface area contributed by atoms with Gasteiger partial charge in [-0.3, -0.25) is 9.59 Å². The van der Waals surface area contributed by atoms with E-state index in [1.807, 2.05) is 0 Å². The molecule has 0 saturated carbocycles. The van der Waals surface area contributed by atoms with Gasteiger partial charge in [-0.25, -0.2) is 0 Å². The Labute approximate surface area is 83.8 Å². The molecule has 1 aliphatic heterocycles. The number of amides is 2. The van der Waals surface area contributed by atoms with E-state index in [-0.39, 0.29) is 11.9 Å². The van der Waals surface area contributed by atoms with E-state index in [9.17, 15) is 9.59 Å². The van der Waals surface area contributed by atoms with Crippen LogP contribution in [-0.4, -0.2) is 29.3 Å². The Kier molecular flexibility index (Phi) is 3.68. The fourth-order valence-electron chi connectivity index (χ4n) is 1.73. The van der Waals surface area contributed by atoms with Crippen LogP contribution in [0.1, 0.15) is 25.7 Å². The van der Waals surface area contributed by atoms with Crippen molar-refractivity contribution < 1.29 is 9.59 Å². The highest BCUT2D eigenvalue weighted by Crippen LogP contribution is 2.18. The SMILES string of the molecule is C=CCCC(=O)N1CCC[C@H]1C(N)=O. The third-order valence-electron chi connectivity index (χ3n) is 2.46. The van der Waals surface area contributed by atoms with Gasteiger partial charge in [-0.1, -0.05) is 6.08 Å². The molecule has 0 bridgehead atoms. The Balaban J connectivity index is 2.53. The highest BCUT2D eigenvalue weighted by atomic mass is 16.2. The summed E-state index contributed by atoms with van der Waals surface area (Å²) in [4.78, 5) is 24.2. The summed E-state index contributed by atoms with van der Waals surface area (Å²) in [6, 6.07) is -0.382. The van der Waals surface area contributed by atoms with Crippen LogP contribution in [0.4, 0.5) is 0 Å². The third kappa shape index (κ3) is 2.34. The molecular formula is C10H16N2O2. The number of primary amides is 1. The standard InChI is InChI=1S/C10H16N2O2/c1-2-3-6-9(13)12-7-4-5-8(12)10(11)14/h2,8H,1,3-7H2,(H2,11,14)/t8-/m0/s1. The maximum Gasteiger partial charge on any atom is 0.240 e. The number of hydrogen-bond acceptors (Lipinski definition) is 2. The first-order valence-electron chi connectivity index (χ1n) is 4.86. The second-order valence-electron chi connectivity index (χ2n) is 3.47. The van der Waals surface area contributed by atoms with Gasteiger partial charge in [0.1, 0.15) is 6.04 Å². The molecule has 1 atom stereocenters. The zero-order chi connectivity index (χ0) is 10.6. The summed E-state index contributed by atoms with van der Waals surface area (Å²) in [5.74, 6) is -0.388. The number of hydrogen-bond donors (Lipinski definition) is 1. The zero-order valence-electron chi connectivity index (χ0n) is 8.24. The van der Waals surface area contributed by atoms with Crippen LogP contribution < -0.4 is 5.73 Å². The fraction of sp³-hybridized carbons (Fsp3) is 0.600. The van der Waals surface area contributed by atoms with Crippen LogP contribution in [0.3, 0.4) is 0 Å². The molecule has 78 valence electrons. The number of carbonyl (C=O) groups excluding carboxylic acids is 2. The lowest BCUT2D eigenvalue weighted by atomic mass is 10.2. The van der Waals surface area contributed by atoms with Crippen molar-refractivity contribution in [2.24, 2.45) is 5.73 Å².